The summed E-state index contributed by atoms with van der Waals surface area (Å²) in [5.41, 5.74) is 0.176. The molecule has 0 aromatic rings. The van der Waals surface area contributed by atoms with Crippen LogP contribution in [0.25, 0.3) is 0 Å². The van der Waals surface area contributed by atoms with Crippen molar-refractivity contribution in [1.29, 1.82) is 0 Å². The number of rotatable bonds is 8. The molecule has 0 bridgehead atoms. The minimum Gasteiger partial charge on any atom is -0.478 e. The van der Waals surface area contributed by atoms with E-state index < -0.39 is 18.0 Å². The Bertz CT molecular complexity index is 317. The number of aliphatic carboxylic acids is 1. The molecule has 0 heterocycles. The van der Waals surface area contributed by atoms with Gasteiger partial charge < -0.3 is 25.0 Å². The van der Waals surface area contributed by atoms with Gasteiger partial charge in [0.25, 0.3) is 0 Å². The molecular weight excluding hydrogens is 266 g/mol. The van der Waals surface area contributed by atoms with Crippen LogP contribution in [0.15, 0.2) is 24.8 Å². The number of carboxylic acids is 1. The van der Waals surface area contributed by atoms with Crippen LogP contribution in [0, 0.1) is 0 Å². The number of carboxylic acid groups (broad SMARTS) is 1. The Morgan fingerprint density at radius 2 is 1.95 bits per heavy atom. The molecule has 3 N–H and O–H groups in total. The van der Waals surface area contributed by atoms with Gasteiger partial charge in [0.1, 0.15) is 12.7 Å². The summed E-state index contributed by atoms with van der Waals surface area (Å²) in [6.45, 7) is 8.64. The van der Waals surface area contributed by atoms with E-state index in [0.29, 0.717) is 13.1 Å². The highest BCUT2D eigenvalue weighted by molar-refractivity contribution is 5.84. The van der Waals surface area contributed by atoms with Gasteiger partial charge in [-0.05, 0) is 14.0 Å². The van der Waals surface area contributed by atoms with E-state index in [-0.39, 0.29) is 18.8 Å². The van der Waals surface area contributed by atoms with Gasteiger partial charge in [-0.3, -0.25) is 0 Å². The van der Waals surface area contributed by atoms with Crippen LogP contribution in [-0.2, 0) is 14.3 Å². The van der Waals surface area contributed by atoms with Crippen LogP contribution in [0.5, 0.6) is 0 Å². The van der Waals surface area contributed by atoms with Gasteiger partial charge in [0.2, 0.25) is 0 Å². The number of aliphatic hydroxyl groups excluding tert-OH is 2. The number of nitrogens with zero attached hydrogens (tertiary/aromatic N) is 1. The summed E-state index contributed by atoms with van der Waals surface area (Å²) in [5, 5.41) is 25.8. The lowest BCUT2D eigenvalue weighted by Crippen LogP contribution is -2.34. The van der Waals surface area contributed by atoms with Gasteiger partial charge in [0.15, 0.2) is 0 Å². The van der Waals surface area contributed by atoms with Crippen LogP contribution >= 0.6 is 0 Å². The zero-order valence-electron chi connectivity index (χ0n) is 11.9. The molecule has 7 heteroatoms. The molecule has 0 fully saturated rings. The molecule has 0 spiro atoms. The highest BCUT2D eigenvalue weighted by Gasteiger charge is 2.09. The summed E-state index contributed by atoms with van der Waals surface area (Å²) < 4.78 is 4.64. The zero-order chi connectivity index (χ0) is 16.1. The summed E-state index contributed by atoms with van der Waals surface area (Å²) in [6.07, 6.45) is 0.305. The lowest BCUT2D eigenvalue weighted by Gasteiger charge is -2.18. The van der Waals surface area contributed by atoms with Crippen LogP contribution in [0.2, 0.25) is 0 Å². The summed E-state index contributed by atoms with van der Waals surface area (Å²) in [5.74, 6) is -1.48. The molecule has 0 saturated heterocycles. The third kappa shape index (κ3) is 14.4. The smallest absolute Gasteiger partial charge is 0.330 e. The second-order valence-electron chi connectivity index (χ2n) is 4.06. The van der Waals surface area contributed by atoms with Crippen LogP contribution in [0.3, 0.4) is 0 Å². The fraction of sp³-hybridized carbons (Fsp3) is 0.538. The Morgan fingerprint density at radius 1 is 1.45 bits per heavy atom. The average Bonchev–Trinajstić information content (AvgIpc) is 2.36. The first-order valence-electron chi connectivity index (χ1n) is 5.90. The summed E-state index contributed by atoms with van der Waals surface area (Å²) in [6, 6.07) is 0. The number of ether oxygens (including phenoxy) is 1. The summed E-state index contributed by atoms with van der Waals surface area (Å²) in [7, 11) is 1.76. The Balaban J connectivity index is 0. The SMILES string of the molecule is C=C(C)C(=O)O.C=CC(=O)OCC(O)CN(C)CCO. The maximum absolute atomic E-state index is 10.6. The third-order valence-electron chi connectivity index (χ3n) is 1.95. The quantitative estimate of drug-likeness (QED) is 0.414. The molecule has 0 aliphatic rings. The Kier molecular flexibility index (Phi) is 12.7. The Morgan fingerprint density at radius 3 is 2.30 bits per heavy atom. The van der Waals surface area contributed by atoms with Gasteiger partial charge in [-0.2, -0.15) is 0 Å². The van der Waals surface area contributed by atoms with Gasteiger partial charge >= 0.3 is 11.9 Å². The summed E-state index contributed by atoms with van der Waals surface area (Å²) in [4.78, 5) is 22.0. The minimum atomic E-state index is -0.935. The topological polar surface area (TPSA) is 107 Å². The second-order valence-corrected chi connectivity index (χ2v) is 4.06. The highest BCUT2D eigenvalue weighted by atomic mass is 16.5. The minimum absolute atomic E-state index is 0.0374. The number of aliphatic hydroxyl groups is 2. The van der Waals surface area contributed by atoms with Gasteiger partial charge in [0, 0.05) is 24.7 Å². The van der Waals surface area contributed by atoms with Crippen molar-refractivity contribution in [2.75, 3.05) is 33.4 Å². The molecule has 1 atom stereocenters. The maximum Gasteiger partial charge on any atom is 0.330 e. The first kappa shape index (κ1) is 20.6. The molecule has 0 saturated carbocycles. The molecule has 20 heavy (non-hydrogen) atoms. The van der Waals surface area contributed by atoms with E-state index in [9.17, 15) is 14.7 Å². The van der Waals surface area contributed by atoms with Crippen molar-refractivity contribution in [2.45, 2.75) is 13.0 Å². The van der Waals surface area contributed by atoms with Crippen molar-refractivity contribution < 1.29 is 29.6 Å². The van der Waals surface area contributed by atoms with Crippen molar-refractivity contribution in [2.24, 2.45) is 0 Å². The average molecular weight is 289 g/mol. The van der Waals surface area contributed by atoms with Crippen molar-refractivity contribution in [3.8, 4) is 0 Å². The molecule has 0 aliphatic carbocycles. The van der Waals surface area contributed by atoms with Crippen LogP contribution in [-0.4, -0.2) is 71.6 Å². The number of hydrogen-bond acceptors (Lipinski definition) is 6. The molecule has 0 radical (unpaired) electrons. The van der Waals surface area contributed by atoms with Gasteiger partial charge in [-0.15, -0.1) is 0 Å². The molecule has 0 amide bonds. The number of esters is 1. The first-order valence-corrected chi connectivity index (χ1v) is 5.90. The molecule has 0 aromatic carbocycles. The maximum atomic E-state index is 10.6. The van der Waals surface area contributed by atoms with Crippen molar-refractivity contribution >= 4 is 11.9 Å². The monoisotopic (exact) mass is 289 g/mol. The van der Waals surface area contributed by atoms with Crippen molar-refractivity contribution in [1.82, 2.24) is 4.90 Å². The zero-order valence-corrected chi connectivity index (χ0v) is 11.9. The van der Waals surface area contributed by atoms with Crippen LogP contribution < -0.4 is 0 Å². The molecule has 0 aliphatic heterocycles. The van der Waals surface area contributed by atoms with Gasteiger partial charge in [-0.1, -0.05) is 13.2 Å². The number of hydrogen-bond donors (Lipinski definition) is 3. The second kappa shape index (κ2) is 12.3. The Labute approximate surface area is 118 Å². The van der Waals surface area contributed by atoms with Gasteiger partial charge in [-0.25, -0.2) is 9.59 Å². The van der Waals surface area contributed by atoms with E-state index in [4.69, 9.17) is 10.2 Å². The molecule has 0 rings (SSSR count). The predicted molar refractivity (Wildman–Crippen MR) is 74.2 cm³/mol. The van der Waals surface area contributed by atoms with Gasteiger partial charge in [0.05, 0.1) is 6.61 Å². The number of carbonyl (C=O) groups excluding carboxylic acids is 1. The van der Waals surface area contributed by atoms with Crippen molar-refractivity contribution in [3.05, 3.63) is 24.8 Å². The lowest BCUT2D eigenvalue weighted by atomic mass is 10.3. The largest absolute Gasteiger partial charge is 0.478 e. The van der Waals surface area contributed by atoms with E-state index in [1.54, 1.807) is 11.9 Å². The van der Waals surface area contributed by atoms with E-state index in [0.717, 1.165) is 6.08 Å². The molecule has 1 unspecified atom stereocenters. The molecule has 7 nitrogen and oxygen atoms in total. The van der Waals surface area contributed by atoms with E-state index in [2.05, 4.69) is 17.9 Å². The van der Waals surface area contributed by atoms with Crippen LogP contribution in [0.4, 0.5) is 0 Å². The predicted octanol–water partition coefficient (Wildman–Crippen LogP) is -0.352. The van der Waals surface area contributed by atoms with Crippen molar-refractivity contribution in [3.63, 3.8) is 0 Å². The fourth-order valence-corrected chi connectivity index (χ4v) is 0.912. The molecule has 0 aromatic heterocycles. The fourth-order valence-electron chi connectivity index (χ4n) is 0.912. The first-order chi connectivity index (χ1) is 9.24. The number of carbonyl (C=O) groups is 2. The lowest BCUT2D eigenvalue weighted by molar-refractivity contribution is -0.141. The normalized spacial score (nSPS) is 11.1. The van der Waals surface area contributed by atoms with E-state index >= 15 is 0 Å². The Hall–Kier alpha value is -1.70. The molecular formula is C13H23NO6. The standard InChI is InChI=1S/C9H17NO4.C4H6O2/c1-3-9(13)14-7-8(12)6-10(2)4-5-11;1-3(2)4(5)6/h3,8,11-12H,1,4-7H2,2H3;1H2,2H3,(H,5,6). The summed E-state index contributed by atoms with van der Waals surface area (Å²) >= 11 is 0. The molecule has 116 valence electrons. The van der Waals surface area contributed by atoms with E-state index in [1.807, 2.05) is 0 Å². The van der Waals surface area contributed by atoms with Crippen LogP contribution in [0.1, 0.15) is 6.92 Å². The highest BCUT2D eigenvalue weighted by Crippen LogP contribution is 1.91. The number of likely N-dealkylation sites (N-methyl/N-ethyl adjacent to an activating group) is 1. The third-order valence-corrected chi connectivity index (χ3v) is 1.95. The van der Waals surface area contributed by atoms with E-state index in [1.165, 1.54) is 6.92 Å².